The first-order chi connectivity index (χ1) is 12.0. The van der Waals surface area contributed by atoms with Crippen molar-refractivity contribution in [1.29, 1.82) is 0 Å². The van der Waals surface area contributed by atoms with Gasteiger partial charge in [-0.15, -0.1) is 11.8 Å². The zero-order valence-electron chi connectivity index (χ0n) is 14.4. The summed E-state index contributed by atoms with van der Waals surface area (Å²) in [4.78, 5) is 7.16. The maximum Gasteiger partial charge on any atom is 0.401 e. The maximum atomic E-state index is 12.5. The highest BCUT2D eigenvalue weighted by atomic mass is 32.2. The standard InChI is InChI=1S/C17H25F3N4S/c1-2-21-16(22-9-11-25-15-6-4-3-5-7-15)23-14-8-10-24(12-14)13-17(18,19)20/h3-7,14H,2,8-13H2,1H3,(H2,21,22,23). The molecule has 140 valence electrons. The summed E-state index contributed by atoms with van der Waals surface area (Å²) in [6.45, 7) is 3.35. The first-order valence-corrected chi connectivity index (χ1v) is 9.46. The molecule has 1 aliphatic heterocycles. The van der Waals surface area contributed by atoms with Crippen LogP contribution in [0.15, 0.2) is 40.2 Å². The van der Waals surface area contributed by atoms with Gasteiger partial charge in [0.15, 0.2) is 5.96 Å². The summed E-state index contributed by atoms with van der Waals surface area (Å²) in [5.41, 5.74) is 0. The van der Waals surface area contributed by atoms with E-state index in [0.717, 1.165) is 12.3 Å². The summed E-state index contributed by atoms with van der Waals surface area (Å²) >= 11 is 1.73. The van der Waals surface area contributed by atoms with Crippen molar-refractivity contribution in [3.05, 3.63) is 30.3 Å². The number of guanidine groups is 1. The molecule has 1 heterocycles. The molecule has 1 fully saturated rings. The molecule has 2 rings (SSSR count). The lowest BCUT2D eigenvalue weighted by molar-refractivity contribution is -0.143. The Labute approximate surface area is 151 Å². The van der Waals surface area contributed by atoms with E-state index in [0.29, 0.717) is 32.0 Å². The Bertz CT molecular complexity index is 536. The van der Waals surface area contributed by atoms with Gasteiger partial charge in [0, 0.05) is 36.3 Å². The molecule has 1 unspecified atom stereocenters. The molecule has 0 saturated carbocycles. The van der Waals surface area contributed by atoms with E-state index in [4.69, 9.17) is 0 Å². The SMILES string of the molecule is CCNC(=NCCSc1ccccc1)NC1CCN(CC(F)(F)F)C1. The smallest absolute Gasteiger partial charge is 0.357 e. The summed E-state index contributed by atoms with van der Waals surface area (Å²) in [6, 6.07) is 10.1. The molecule has 0 spiro atoms. The third kappa shape index (κ3) is 8.00. The van der Waals surface area contributed by atoms with Crippen LogP contribution in [0.5, 0.6) is 0 Å². The van der Waals surface area contributed by atoms with Gasteiger partial charge in [0.2, 0.25) is 0 Å². The minimum atomic E-state index is -4.14. The van der Waals surface area contributed by atoms with Crippen LogP contribution in [0, 0.1) is 0 Å². The molecule has 0 bridgehead atoms. The molecule has 1 saturated heterocycles. The Hall–Kier alpha value is -1.41. The van der Waals surface area contributed by atoms with Gasteiger partial charge in [0.25, 0.3) is 0 Å². The van der Waals surface area contributed by atoms with Crippen LogP contribution < -0.4 is 10.6 Å². The summed E-state index contributed by atoms with van der Waals surface area (Å²) in [6.07, 6.45) is -3.44. The first-order valence-electron chi connectivity index (χ1n) is 8.48. The fourth-order valence-corrected chi connectivity index (χ4v) is 3.47. The van der Waals surface area contributed by atoms with Crippen molar-refractivity contribution in [2.24, 2.45) is 4.99 Å². The normalized spacial score (nSPS) is 19.2. The topological polar surface area (TPSA) is 39.7 Å². The quantitative estimate of drug-likeness (QED) is 0.333. The molecule has 1 aromatic rings. The zero-order valence-corrected chi connectivity index (χ0v) is 15.2. The monoisotopic (exact) mass is 374 g/mol. The van der Waals surface area contributed by atoms with Gasteiger partial charge in [-0.25, -0.2) is 0 Å². The fourth-order valence-electron chi connectivity index (χ4n) is 2.70. The van der Waals surface area contributed by atoms with E-state index < -0.39 is 12.7 Å². The van der Waals surface area contributed by atoms with E-state index in [1.54, 1.807) is 11.8 Å². The minimum absolute atomic E-state index is 0.00178. The second-order valence-electron chi connectivity index (χ2n) is 5.90. The molecule has 2 N–H and O–H groups in total. The van der Waals surface area contributed by atoms with Crippen LogP contribution in [0.3, 0.4) is 0 Å². The van der Waals surface area contributed by atoms with E-state index in [1.165, 1.54) is 9.80 Å². The van der Waals surface area contributed by atoms with E-state index in [1.807, 2.05) is 25.1 Å². The average molecular weight is 374 g/mol. The second kappa shape index (κ2) is 9.91. The molecule has 1 atom stereocenters. The number of alkyl halides is 3. The van der Waals surface area contributed by atoms with Crippen LogP contribution in [-0.4, -0.2) is 61.6 Å². The first kappa shape index (κ1) is 19.9. The number of halogens is 3. The third-order valence-electron chi connectivity index (χ3n) is 3.73. The third-order valence-corrected chi connectivity index (χ3v) is 4.73. The molecule has 0 radical (unpaired) electrons. The Morgan fingerprint density at radius 1 is 1.32 bits per heavy atom. The van der Waals surface area contributed by atoms with Gasteiger partial charge in [-0.2, -0.15) is 13.2 Å². The highest BCUT2D eigenvalue weighted by Crippen LogP contribution is 2.20. The second-order valence-corrected chi connectivity index (χ2v) is 7.07. The van der Waals surface area contributed by atoms with Crippen LogP contribution in [0.1, 0.15) is 13.3 Å². The van der Waals surface area contributed by atoms with Crippen molar-refractivity contribution in [3.63, 3.8) is 0 Å². The van der Waals surface area contributed by atoms with Crippen molar-refractivity contribution in [3.8, 4) is 0 Å². The zero-order chi connectivity index (χ0) is 18.1. The van der Waals surface area contributed by atoms with Crippen LogP contribution in [0.4, 0.5) is 13.2 Å². The number of benzene rings is 1. The van der Waals surface area contributed by atoms with Crippen molar-refractivity contribution < 1.29 is 13.2 Å². The number of aliphatic imine (C=N–C) groups is 1. The van der Waals surface area contributed by atoms with Gasteiger partial charge in [-0.05, 0) is 25.5 Å². The highest BCUT2D eigenvalue weighted by Gasteiger charge is 2.34. The van der Waals surface area contributed by atoms with Crippen LogP contribution in [0.25, 0.3) is 0 Å². The molecule has 8 heteroatoms. The lowest BCUT2D eigenvalue weighted by Gasteiger charge is -2.19. The molecule has 1 aromatic carbocycles. The summed E-state index contributed by atoms with van der Waals surface area (Å²) in [5.74, 6) is 1.53. The lowest BCUT2D eigenvalue weighted by atomic mass is 10.3. The Balaban J connectivity index is 1.76. The molecular weight excluding hydrogens is 349 g/mol. The van der Waals surface area contributed by atoms with Crippen molar-refractivity contribution >= 4 is 17.7 Å². The molecule has 0 aliphatic carbocycles. The summed E-state index contributed by atoms with van der Waals surface area (Å²) in [5, 5.41) is 6.41. The molecule has 1 aliphatic rings. The number of nitrogens with zero attached hydrogens (tertiary/aromatic N) is 2. The Morgan fingerprint density at radius 3 is 2.76 bits per heavy atom. The molecule has 0 aromatic heterocycles. The number of thioether (sulfide) groups is 1. The largest absolute Gasteiger partial charge is 0.401 e. The van der Waals surface area contributed by atoms with Crippen molar-refractivity contribution in [2.45, 2.75) is 30.5 Å². The van der Waals surface area contributed by atoms with Crippen LogP contribution >= 0.6 is 11.8 Å². The Morgan fingerprint density at radius 2 is 2.08 bits per heavy atom. The van der Waals surface area contributed by atoms with Gasteiger partial charge < -0.3 is 10.6 Å². The number of nitrogens with one attached hydrogen (secondary N) is 2. The maximum absolute atomic E-state index is 12.5. The number of rotatable bonds is 7. The van der Waals surface area contributed by atoms with Crippen LogP contribution in [0.2, 0.25) is 0 Å². The van der Waals surface area contributed by atoms with Gasteiger partial charge >= 0.3 is 6.18 Å². The van der Waals surface area contributed by atoms with Crippen LogP contribution in [-0.2, 0) is 0 Å². The predicted molar refractivity (Wildman–Crippen MR) is 97.2 cm³/mol. The average Bonchev–Trinajstić information content (AvgIpc) is 2.97. The number of hydrogen-bond donors (Lipinski definition) is 2. The van der Waals surface area contributed by atoms with Gasteiger partial charge in [0.1, 0.15) is 0 Å². The van der Waals surface area contributed by atoms with Gasteiger partial charge in [-0.3, -0.25) is 9.89 Å². The molecule has 4 nitrogen and oxygen atoms in total. The van der Waals surface area contributed by atoms with E-state index in [-0.39, 0.29) is 6.04 Å². The fraction of sp³-hybridized carbons (Fsp3) is 0.588. The van der Waals surface area contributed by atoms with Crippen molar-refractivity contribution in [1.82, 2.24) is 15.5 Å². The Kier molecular flexibility index (Phi) is 7.90. The van der Waals surface area contributed by atoms with E-state index in [9.17, 15) is 13.2 Å². The van der Waals surface area contributed by atoms with Gasteiger partial charge in [0.05, 0.1) is 13.1 Å². The van der Waals surface area contributed by atoms with E-state index >= 15 is 0 Å². The lowest BCUT2D eigenvalue weighted by Crippen LogP contribution is -2.45. The summed E-state index contributed by atoms with van der Waals surface area (Å²) < 4.78 is 37.4. The number of hydrogen-bond acceptors (Lipinski definition) is 3. The highest BCUT2D eigenvalue weighted by molar-refractivity contribution is 7.99. The predicted octanol–water partition coefficient (Wildman–Crippen LogP) is 2.97. The number of likely N-dealkylation sites (tertiary alicyclic amines) is 1. The molecule has 25 heavy (non-hydrogen) atoms. The molecule has 0 amide bonds. The van der Waals surface area contributed by atoms with Gasteiger partial charge in [-0.1, -0.05) is 18.2 Å². The molecular formula is C17H25F3N4S. The minimum Gasteiger partial charge on any atom is -0.357 e. The van der Waals surface area contributed by atoms with Crippen molar-refractivity contribution in [2.75, 3.05) is 38.5 Å². The van der Waals surface area contributed by atoms with E-state index in [2.05, 4.69) is 27.8 Å². The summed E-state index contributed by atoms with van der Waals surface area (Å²) in [7, 11) is 0.